The van der Waals surface area contributed by atoms with Gasteiger partial charge in [0, 0.05) is 22.9 Å². The Hall–Kier alpha value is -2.44. The lowest BCUT2D eigenvalue weighted by molar-refractivity contribution is 0.0975. The van der Waals surface area contributed by atoms with Gasteiger partial charge < -0.3 is 10.1 Å². The van der Waals surface area contributed by atoms with E-state index in [1.54, 1.807) is 36.4 Å². The van der Waals surface area contributed by atoms with Gasteiger partial charge in [0.2, 0.25) is 5.96 Å². The lowest BCUT2D eigenvalue weighted by Crippen LogP contribution is -2.36. The van der Waals surface area contributed by atoms with E-state index >= 15 is 0 Å². The number of hydrogen-bond acceptors (Lipinski definition) is 3. The number of guanidine groups is 1. The molecule has 0 aliphatic carbocycles. The van der Waals surface area contributed by atoms with Crippen LogP contribution in [0.4, 0.5) is 10.1 Å². The van der Waals surface area contributed by atoms with E-state index in [0.29, 0.717) is 22.8 Å². The van der Waals surface area contributed by atoms with Crippen LogP contribution in [0, 0.1) is 5.82 Å². The molecular weight excluding hydrogens is 357 g/mol. The van der Waals surface area contributed by atoms with Gasteiger partial charge in [-0.2, -0.15) is 0 Å². The van der Waals surface area contributed by atoms with Crippen molar-refractivity contribution in [2.24, 2.45) is 4.99 Å². The fraction of sp³-hybridized carbons (Fsp3) is 0.263. The molecule has 0 unspecified atom stereocenters. The van der Waals surface area contributed by atoms with Gasteiger partial charge in [-0.15, -0.1) is 0 Å². The number of ether oxygens (including phenoxy) is 1. The molecule has 1 saturated heterocycles. The Morgan fingerprint density at radius 1 is 1.27 bits per heavy atom. The van der Waals surface area contributed by atoms with Crippen LogP contribution >= 0.6 is 11.6 Å². The molecule has 0 bridgehead atoms. The summed E-state index contributed by atoms with van der Waals surface area (Å²) in [4.78, 5) is 16.9. The summed E-state index contributed by atoms with van der Waals surface area (Å²) in [5.74, 6) is -0.472. The third-order valence-corrected chi connectivity index (χ3v) is 4.15. The molecule has 5 nitrogen and oxygen atoms in total. The number of nitrogens with zero attached hydrogens (tertiary/aromatic N) is 1. The predicted molar refractivity (Wildman–Crippen MR) is 100 cm³/mol. The second-order valence-electron chi connectivity index (χ2n) is 5.92. The van der Waals surface area contributed by atoms with Crippen LogP contribution in [0.3, 0.4) is 0 Å². The monoisotopic (exact) mass is 375 g/mol. The molecule has 26 heavy (non-hydrogen) atoms. The number of amides is 1. The van der Waals surface area contributed by atoms with Gasteiger partial charge in [0.15, 0.2) is 0 Å². The normalized spacial score (nSPS) is 17.2. The number of anilines is 1. The molecule has 3 rings (SSSR count). The van der Waals surface area contributed by atoms with E-state index in [2.05, 4.69) is 15.6 Å². The van der Waals surface area contributed by atoms with Crippen molar-refractivity contribution < 1.29 is 13.9 Å². The van der Waals surface area contributed by atoms with E-state index < -0.39 is 0 Å². The number of hydrogen-bond donors (Lipinski definition) is 2. The molecule has 1 heterocycles. The first kappa shape index (κ1) is 18.4. The van der Waals surface area contributed by atoms with E-state index in [0.717, 1.165) is 19.4 Å². The Labute approximate surface area is 156 Å². The second kappa shape index (κ2) is 8.78. The van der Waals surface area contributed by atoms with Crippen molar-refractivity contribution in [2.75, 3.05) is 18.5 Å². The molecule has 2 aromatic rings. The van der Waals surface area contributed by atoms with Crippen molar-refractivity contribution in [3.63, 3.8) is 0 Å². The summed E-state index contributed by atoms with van der Waals surface area (Å²) in [5.41, 5.74) is 0.938. The summed E-state index contributed by atoms with van der Waals surface area (Å²) < 4.78 is 19.0. The van der Waals surface area contributed by atoms with E-state index in [9.17, 15) is 9.18 Å². The van der Waals surface area contributed by atoms with Gasteiger partial charge in [-0.3, -0.25) is 10.1 Å². The van der Waals surface area contributed by atoms with Gasteiger partial charge in [-0.25, -0.2) is 9.38 Å². The van der Waals surface area contributed by atoms with Crippen LogP contribution in [-0.4, -0.2) is 31.1 Å². The third-order valence-electron chi connectivity index (χ3n) is 3.90. The topological polar surface area (TPSA) is 62.7 Å². The quantitative estimate of drug-likeness (QED) is 0.630. The SMILES string of the molecule is O=C(NC(=NC[C@H]1CCCO1)Nc1cccc(F)c1)c1ccc(Cl)cc1. The Kier molecular flexibility index (Phi) is 6.20. The fourth-order valence-corrected chi connectivity index (χ4v) is 2.70. The van der Waals surface area contributed by atoms with Crippen LogP contribution in [0.25, 0.3) is 0 Å². The molecule has 7 heteroatoms. The molecule has 2 N–H and O–H groups in total. The van der Waals surface area contributed by atoms with Crippen LogP contribution in [0.2, 0.25) is 5.02 Å². The number of aliphatic imine (C=N–C) groups is 1. The molecule has 1 amide bonds. The lowest BCUT2D eigenvalue weighted by Gasteiger charge is -2.13. The maximum Gasteiger partial charge on any atom is 0.257 e. The zero-order valence-electron chi connectivity index (χ0n) is 14.0. The lowest BCUT2D eigenvalue weighted by atomic mass is 10.2. The minimum Gasteiger partial charge on any atom is -0.376 e. The predicted octanol–water partition coefficient (Wildman–Crippen LogP) is 3.86. The van der Waals surface area contributed by atoms with Crippen molar-refractivity contribution in [1.82, 2.24) is 5.32 Å². The molecule has 0 radical (unpaired) electrons. The molecule has 2 aromatic carbocycles. The van der Waals surface area contributed by atoms with Gasteiger partial charge in [-0.05, 0) is 55.3 Å². The van der Waals surface area contributed by atoms with E-state index in [1.807, 2.05) is 0 Å². The number of halogens is 2. The van der Waals surface area contributed by atoms with Crippen LogP contribution in [0.1, 0.15) is 23.2 Å². The number of benzene rings is 2. The maximum atomic E-state index is 13.4. The highest BCUT2D eigenvalue weighted by Crippen LogP contribution is 2.13. The summed E-state index contributed by atoms with van der Waals surface area (Å²) in [7, 11) is 0. The van der Waals surface area contributed by atoms with Gasteiger partial charge in [-0.1, -0.05) is 17.7 Å². The Morgan fingerprint density at radius 3 is 2.77 bits per heavy atom. The first-order chi connectivity index (χ1) is 12.6. The van der Waals surface area contributed by atoms with Crippen molar-refractivity contribution in [3.8, 4) is 0 Å². The van der Waals surface area contributed by atoms with Gasteiger partial charge >= 0.3 is 0 Å². The average Bonchev–Trinajstić information content (AvgIpc) is 3.14. The molecule has 1 aliphatic rings. The molecule has 1 atom stereocenters. The summed E-state index contributed by atoms with van der Waals surface area (Å²) in [5, 5.41) is 6.22. The number of carbonyl (C=O) groups excluding carboxylic acids is 1. The minimum atomic E-state index is -0.377. The van der Waals surface area contributed by atoms with E-state index in [1.165, 1.54) is 12.1 Å². The van der Waals surface area contributed by atoms with Gasteiger partial charge in [0.1, 0.15) is 5.82 Å². The van der Waals surface area contributed by atoms with Gasteiger partial charge in [0.25, 0.3) is 5.91 Å². The number of nitrogens with one attached hydrogen (secondary N) is 2. The molecule has 0 spiro atoms. The smallest absolute Gasteiger partial charge is 0.257 e. The van der Waals surface area contributed by atoms with Crippen LogP contribution in [-0.2, 0) is 4.74 Å². The maximum absolute atomic E-state index is 13.4. The van der Waals surface area contributed by atoms with Crippen LogP contribution in [0.5, 0.6) is 0 Å². The largest absolute Gasteiger partial charge is 0.376 e. The Morgan fingerprint density at radius 2 is 2.08 bits per heavy atom. The van der Waals surface area contributed by atoms with Crippen LogP contribution < -0.4 is 10.6 Å². The standard InChI is InChI=1S/C19H19ClFN3O2/c20-14-8-6-13(7-9-14)18(25)24-19(22-12-17-5-2-10-26-17)23-16-4-1-3-15(21)11-16/h1,3-4,6-9,11,17H,2,5,10,12H2,(H2,22,23,24,25)/t17-/m1/s1. The molecular formula is C19H19ClFN3O2. The second-order valence-corrected chi connectivity index (χ2v) is 6.36. The summed E-state index contributed by atoms with van der Waals surface area (Å²) >= 11 is 5.85. The molecule has 0 aromatic heterocycles. The zero-order chi connectivity index (χ0) is 18.4. The molecule has 0 saturated carbocycles. The Bertz CT molecular complexity index is 790. The van der Waals surface area contributed by atoms with E-state index in [-0.39, 0.29) is 23.8 Å². The van der Waals surface area contributed by atoms with Crippen molar-refractivity contribution in [3.05, 3.63) is 64.9 Å². The van der Waals surface area contributed by atoms with Crippen molar-refractivity contribution in [2.45, 2.75) is 18.9 Å². The minimum absolute atomic E-state index is 0.0340. The number of rotatable bonds is 4. The molecule has 1 fully saturated rings. The zero-order valence-corrected chi connectivity index (χ0v) is 14.8. The molecule has 1 aliphatic heterocycles. The molecule has 136 valence electrons. The first-order valence-corrected chi connectivity index (χ1v) is 8.73. The average molecular weight is 376 g/mol. The summed E-state index contributed by atoms with van der Waals surface area (Å²) in [6, 6.07) is 12.5. The van der Waals surface area contributed by atoms with Crippen molar-refractivity contribution in [1.29, 1.82) is 0 Å². The highest BCUT2D eigenvalue weighted by atomic mass is 35.5. The van der Waals surface area contributed by atoms with E-state index in [4.69, 9.17) is 16.3 Å². The first-order valence-electron chi connectivity index (χ1n) is 8.36. The van der Waals surface area contributed by atoms with Crippen LogP contribution in [0.15, 0.2) is 53.5 Å². The third kappa shape index (κ3) is 5.28. The fourth-order valence-electron chi connectivity index (χ4n) is 2.58. The highest BCUT2D eigenvalue weighted by Gasteiger charge is 2.16. The summed E-state index contributed by atoms with van der Waals surface area (Å²) in [6.45, 7) is 1.14. The highest BCUT2D eigenvalue weighted by molar-refractivity contribution is 6.30. The Balaban J connectivity index is 1.73. The summed E-state index contributed by atoms with van der Waals surface area (Å²) in [6.07, 6.45) is 1.97. The van der Waals surface area contributed by atoms with Crippen molar-refractivity contribution >= 4 is 29.2 Å². The van der Waals surface area contributed by atoms with Gasteiger partial charge in [0.05, 0.1) is 12.6 Å². The number of carbonyl (C=O) groups is 1.